The van der Waals surface area contributed by atoms with E-state index in [0.29, 0.717) is 18.2 Å². The maximum absolute atomic E-state index is 12.6. The van der Waals surface area contributed by atoms with Gasteiger partial charge in [0, 0.05) is 18.2 Å². The van der Waals surface area contributed by atoms with Crippen LogP contribution in [0.1, 0.15) is 41.6 Å². The molecule has 0 atom stereocenters. The number of ether oxygens (including phenoxy) is 1. The van der Waals surface area contributed by atoms with Crippen molar-refractivity contribution in [3.63, 3.8) is 0 Å². The van der Waals surface area contributed by atoms with Gasteiger partial charge in [0.15, 0.2) is 0 Å². The van der Waals surface area contributed by atoms with Crippen molar-refractivity contribution >= 4 is 18.3 Å². The molecule has 1 aromatic carbocycles. The zero-order valence-corrected chi connectivity index (χ0v) is 17.6. The quantitative estimate of drug-likeness (QED) is 0.599. The predicted octanol–water partition coefficient (Wildman–Crippen LogP) is 4.38. The SMILES string of the molecule is CCCCN1Cn2c(nc(C)c2-c2ccc(Oc3ccnnc3)c(C)c2)C1=O.Cl. The van der Waals surface area contributed by atoms with Gasteiger partial charge < -0.3 is 14.2 Å². The Morgan fingerprint density at radius 2 is 2.00 bits per heavy atom. The van der Waals surface area contributed by atoms with Gasteiger partial charge >= 0.3 is 0 Å². The highest BCUT2D eigenvalue weighted by Crippen LogP contribution is 2.33. The van der Waals surface area contributed by atoms with Crippen LogP contribution in [-0.2, 0) is 6.67 Å². The van der Waals surface area contributed by atoms with E-state index < -0.39 is 0 Å². The molecular weight excluding hydrogens is 390 g/mol. The van der Waals surface area contributed by atoms with Gasteiger partial charge in [-0.2, -0.15) is 10.2 Å². The number of halogens is 1. The van der Waals surface area contributed by atoms with E-state index in [9.17, 15) is 4.79 Å². The van der Waals surface area contributed by atoms with Crippen molar-refractivity contribution < 1.29 is 9.53 Å². The molecule has 7 nitrogen and oxygen atoms in total. The maximum Gasteiger partial charge on any atom is 0.291 e. The average molecular weight is 414 g/mol. The Morgan fingerprint density at radius 1 is 1.17 bits per heavy atom. The van der Waals surface area contributed by atoms with E-state index in [-0.39, 0.29) is 18.3 Å². The monoisotopic (exact) mass is 413 g/mol. The average Bonchev–Trinajstić information content (AvgIpc) is 3.17. The molecule has 0 saturated heterocycles. The molecule has 3 heterocycles. The van der Waals surface area contributed by atoms with Gasteiger partial charge in [-0.1, -0.05) is 13.3 Å². The Bertz CT molecular complexity index is 1020. The largest absolute Gasteiger partial charge is 0.455 e. The highest BCUT2D eigenvalue weighted by molar-refractivity contribution is 5.94. The van der Waals surface area contributed by atoms with Crippen molar-refractivity contribution in [3.8, 4) is 22.8 Å². The van der Waals surface area contributed by atoms with Gasteiger partial charge in [0.2, 0.25) is 5.82 Å². The molecule has 3 aromatic rings. The number of aromatic nitrogens is 4. The topological polar surface area (TPSA) is 73.1 Å². The lowest BCUT2D eigenvalue weighted by Crippen LogP contribution is -2.26. The number of unbranched alkanes of at least 4 members (excludes halogenated alkanes) is 1. The van der Waals surface area contributed by atoms with Crippen LogP contribution in [0.15, 0.2) is 36.7 Å². The minimum atomic E-state index is 0. The van der Waals surface area contributed by atoms with Crippen LogP contribution in [0.25, 0.3) is 11.3 Å². The van der Waals surface area contributed by atoms with Crippen LogP contribution in [-0.4, -0.2) is 37.1 Å². The second-order valence-corrected chi connectivity index (χ2v) is 7.02. The summed E-state index contributed by atoms with van der Waals surface area (Å²) in [7, 11) is 0. The highest BCUT2D eigenvalue weighted by atomic mass is 35.5. The van der Waals surface area contributed by atoms with Crippen molar-refractivity contribution in [1.82, 2.24) is 24.6 Å². The summed E-state index contributed by atoms with van der Waals surface area (Å²) in [4.78, 5) is 19.1. The van der Waals surface area contributed by atoms with E-state index in [4.69, 9.17) is 4.74 Å². The van der Waals surface area contributed by atoms with Gasteiger partial charge in [0.05, 0.1) is 30.5 Å². The summed E-state index contributed by atoms with van der Waals surface area (Å²) in [6.45, 7) is 7.41. The van der Waals surface area contributed by atoms with Gasteiger partial charge in [-0.05, 0) is 44.0 Å². The van der Waals surface area contributed by atoms with Gasteiger partial charge in [-0.25, -0.2) is 4.98 Å². The van der Waals surface area contributed by atoms with Crippen molar-refractivity contribution in [2.75, 3.05) is 6.54 Å². The Balaban J connectivity index is 0.00000240. The van der Waals surface area contributed by atoms with E-state index in [1.54, 1.807) is 18.5 Å². The Kier molecular flexibility index (Phi) is 6.17. The molecule has 1 aliphatic heterocycles. The standard InChI is InChI=1S/C21H23N5O2.ClH/c1-4-5-10-25-13-26-19(15(3)24-20(26)21(25)27)16-6-7-18(14(2)11-16)28-17-8-9-22-23-12-17;/h6-9,11-12H,4-5,10,13H2,1-3H3;1H. The number of fused-ring (bicyclic) bond motifs is 1. The Morgan fingerprint density at radius 3 is 2.69 bits per heavy atom. The van der Waals surface area contributed by atoms with Gasteiger partial charge in [0.25, 0.3) is 5.91 Å². The van der Waals surface area contributed by atoms with Crippen molar-refractivity contribution in [3.05, 3.63) is 53.7 Å². The number of hydrogen-bond donors (Lipinski definition) is 0. The molecule has 0 bridgehead atoms. The van der Waals surface area contributed by atoms with Gasteiger partial charge in [-0.15, -0.1) is 12.4 Å². The fourth-order valence-electron chi connectivity index (χ4n) is 3.51. The lowest BCUT2D eigenvalue weighted by Gasteiger charge is -2.16. The molecule has 0 saturated carbocycles. The molecule has 0 N–H and O–H groups in total. The number of rotatable bonds is 6. The fourth-order valence-corrected chi connectivity index (χ4v) is 3.51. The van der Waals surface area contributed by atoms with E-state index in [1.165, 1.54) is 0 Å². The molecule has 8 heteroatoms. The van der Waals surface area contributed by atoms with Crippen molar-refractivity contribution in [2.24, 2.45) is 0 Å². The lowest BCUT2D eigenvalue weighted by atomic mass is 10.1. The van der Waals surface area contributed by atoms with Crippen molar-refractivity contribution in [1.29, 1.82) is 0 Å². The number of amides is 1. The molecule has 1 aliphatic rings. The maximum atomic E-state index is 12.6. The fraction of sp³-hybridized carbons (Fsp3) is 0.333. The Hall–Kier alpha value is -2.93. The number of imidazole rings is 1. The molecular formula is C21H24ClN5O2. The molecule has 0 spiro atoms. The number of nitrogens with zero attached hydrogens (tertiary/aromatic N) is 5. The predicted molar refractivity (Wildman–Crippen MR) is 112 cm³/mol. The summed E-state index contributed by atoms with van der Waals surface area (Å²) in [6, 6.07) is 7.79. The first-order chi connectivity index (χ1) is 13.6. The normalized spacial score (nSPS) is 12.7. The summed E-state index contributed by atoms with van der Waals surface area (Å²) in [6.07, 6.45) is 5.24. The molecule has 0 radical (unpaired) electrons. The minimum absolute atomic E-state index is 0. The summed E-state index contributed by atoms with van der Waals surface area (Å²) in [5.74, 6) is 1.95. The summed E-state index contributed by atoms with van der Waals surface area (Å²) < 4.78 is 7.92. The third-order valence-corrected chi connectivity index (χ3v) is 4.95. The highest BCUT2D eigenvalue weighted by Gasteiger charge is 2.32. The van der Waals surface area contributed by atoms with Gasteiger partial charge in [0.1, 0.15) is 11.5 Å². The molecule has 4 rings (SSSR count). The van der Waals surface area contributed by atoms with E-state index in [0.717, 1.165) is 47.7 Å². The third-order valence-electron chi connectivity index (χ3n) is 4.95. The third kappa shape index (κ3) is 3.96. The first-order valence-corrected chi connectivity index (χ1v) is 9.50. The zero-order valence-electron chi connectivity index (χ0n) is 16.8. The van der Waals surface area contributed by atoms with Gasteiger partial charge in [-0.3, -0.25) is 4.79 Å². The number of carbonyl (C=O) groups is 1. The number of carbonyl (C=O) groups excluding carboxylic acids is 1. The van der Waals surface area contributed by atoms with Crippen LogP contribution < -0.4 is 4.74 Å². The summed E-state index contributed by atoms with van der Waals surface area (Å²) in [5, 5.41) is 7.59. The molecule has 152 valence electrons. The molecule has 0 unspecified atom stereocenters. The number of benzene rings is 1. The second-order valence-electron chi connectivity index (χ2n) is 7.02. The van der Waals surface area contributed by atoms with Crippen LogP contribution in [0.5, 0.6) is 11.5 Å². The first-order valence-electron chi connectivity index (χ1n) is 9.50. The molecule has 29 heavy (non-hydrogen) atoms. The lowest BCUT2D eigenvalue weighted by molar-refractivity contribution is 0.0763. The second kappa shape index (κ2) is 8.61. The molecule has 2 aromatic heterocycles. The van der Waals surface area contributed by atoms with E-state index in [2.05, 4.69) is 28.2 Å². The molecule has 0 fully saturated rings. The molecule has 0 aliphatic carbocycles. The van der Waals surface area contributed by atoms with E-state index in [1.807, 2.05) is 35.4 Å². The van der Waals surface area contributed by atoms with Crippen LogP contribution in [0.2, 0.25) is 0 Å². The first kappa shape index (κ1) is 20.8. The smallest absolute Gasteiger partial charge is 0.291 e. The zero-order chi connectivity index (χ0) is 19.7. The van der Waals surface area contributed by atoms with Crippen LogP contribution in [0.3, 0.4) is 0 Å². The van der Waals surface area contributed by atoms with Crippen LogP contribution in [0, 0.1) is 13.8 Å². The summed E-state index contributed by atoms with van der Waals surface area (Å²) in [5.41, 5.74) is 3.88. The van der Waals surface area contributed by atoms with E-state index >= 15 is 0 Å². The number of aryl methyl sites for hydroxylation is 2. The number of hydrogen-bond acceptors (Lipinski definition) is 5. The van der Waals surface area contributed by atoms with Crippen molar-refractivity contribution in [2.45, 2.75) is 40.3 Å². The summed E-state index contributed by atoms with van der Waals surface area (Å²) >= 11 is 0. The minimum Gasteiger partial charge on any atom is -0.455 e. The van der Waals surface area contributed by atoms with Crippen LogP contribution >= 0.6 is 12.4 Å². The van der Waals surface area contributed by atoms with Crippen LogP contribution in [0.4, 0.5) is 0 Å². The Labute approximate surface area is 176 Å². The molecule has 1 amide bonds.